The quantitative estimate of drug-likeness (QED) is 0.255. The number of carboxylic acid groups (broad SMARTS) is 1. The van der Waals surface area contributed by atoms with Crippen molar-refractivity contribution in [1.82, 2.24) is 0 Å². The summed E-state index contributed by atoms with van der Waals surface area (Å²) in [5.74, 6) is -1.01. The predicted molar refractivity (Wildman–Crippen MR) is 71.2 cm³/mol. The first-order valence-corrected chi connectivity index (χ1v) is 6.11. The van der Waals surface area contributed by atoms with E-state index in [0.717, 1.165) is 25.3 Å². The first kappa shape index (κ1) is 16.6. The zero-order chi connectivity index (χ0) is 13.8. The Bertz CT molecular complexity index is 303. The van der Waals surface area contributed by atoms with Gasteiger partial charge in [0, 0.05) is 6.08 Å². The number of carbonyl (C=O) groups is 1. The summed E-state index contributed by atoms with van der Waals surface area (Å²) >= 11 is 0. The molecule has 0 aliphatic carbocycles. The van der Waals surface area contributed by atoms with E-state index >= 15 is 0 Å². The molecule has 4 nitrogen and oxygen atoms in total. The van der Waals surface area contributed by atoms with Gasteiger partial charge in [-0.15, -0.1) is 0 Å². The number of hydrogen-bond acceptors (Lipinski definition) is 3. The van der Waals surface area contributed by atoms with Crippen LogP contribution in [-0.2, 0) is 4.79 Å². The molecule has 0 radical (unpaired) electrons. The molecule has 2 atom stereocenters. The van der Waals surface area contributed by atoms with Gasteiger partial charge in [-0.25, -0.2) is 4.79 Å². The summed E-state index contributed by atoms with van der Waals surface area (Å²) in [7, 11) is 0. The van der Waals surface area contributed by atoms with Crippen LogP contribution < -0.4 is 0 Å². The highest BCUT2D eigenvalue weighted by molar-refractivity contribution is 5.80. The van der Waals surface area contributed by atoms with Gasteiger partial charge in [0.05, 0.1) is 12.2 Å². The van der Waals surface area contributed by atoms with Crippen LogP contribution in [0, 0.1) is 0 Å². The predicted octanol–water partition coefficient (Wildman–Crippen LogP) is 2.04. The molecule has 0 rings (SSSR count). The normalized spacial score (nSPS) is 15.7. The monoisotopic (exact) mass is 254 g/mol. The lowest BCUT2D eigenvalue weighted by molar-refractivity contribution is -0.131. The minimum Gasteiger partial charge on any atom is -0.478 e. The number of aliphatic hydroxyl groups excluding tert-OH is 2. The maximum Gasteiger partial charge on any atom is 0.328 e. The second kappa shape index (κ2) is 10.7. The Morgan fingerprint density at radius 2 is 1.94 bits per heavy atom. The molecule has 0 aliphatic rings. The van der Waals surface area contributed by atoms with Gasteiger partial charge in [-0.3, -0.25) is 0 Å². The highest BCUT2D eigenvalue weighted by atomic mass is 16.4. The SMILES string of the molecule is C[C@@H](O)CCC/C=C/C[C@H](O)/C=C/C=C/C(=O)O. The molecule has 0 aromatic rings. The van der Waals surface area contributed by atoms with Gasteiger partial charge in [-0.05, 0) is 32.6 Å². The van der Waals surface area contributed by atoms with Crippen LogP contribution >= 0.6 is 0 Å². The Morgan fingerprint density at radius 1 is 1.22 bits per heavy atom. The highest BCUT2D eigenvalue weighted by Crippen LogP contribution is 2.02. The van der Waals surface area contributed by atoms with Crippen LogP contribution in [0.3, 0.4) is 0 Å². The van der Waals surface area contributed by atoms with Crippen molar-refractivity contribution in [3.8, 4) is 0 Å². The second-order valence-corrected chi connectivity index (χ2v) is 4.14. The van der Waals surface area contributed by atoms with Gasteiger partial charge < -0.3 is 15.3 Å². The third-order valence-corrected chi connectivity index (χ3v) is 2.22. The lowest BCUT2D eigenvalue weighted by Crippen LogP contribution is -1.99. The summed E-state index contributed by atoms with van der Waals surface area (Å²) in [6, 6.07) is 0. The Kier molecular flexibility index (Phi) is 9.91. The number of unbranched alkanes of at least 4 members (excludes halogenated alkanes) is 1. The maximum atomic E-state index is 10.2. The van der Waals surface area contributed by atoms with E-state index in [4.69, 9.17) is 10.2 Å². The number of aliphatic carboxylic acids is 1. The zero-order valence-corrected chi connectivity index (χ0v) is 10.7. The topological polar surface area (TPSA) is 77.8 Å². The van der Waals surface area contributed by atoms with Crippen LogP contribution in [0.25, 0.3) is 0 Å². The van der Waals surface area contributed by atoms with Crippen molar-refractivity contribution in [3.05, 3.63) is 36.5 Å². The zero-order valence-electron chi connectivity index (χ0n) is 10.7. The van der Waals surface area contributed by atoms with Crippen molar-refractivity contribution in [3.63, 3.8) is 0 Å². The third-order valence-electron chi connectivity index (χ3n) is 2.22. The van der Waals surface area contributed by atoms with Crippen molar-refractivity contribution in [2.75, 3.05) is 0 Å². The van der Waals surface area contributed by atoms with Crippen molar-refractivity contribution in [1.29, 1.82) is 0 Å². The molecule has 0 aliphatic heterocycles. The van der Waals surface area contributed by atoms with Crippen LogP contribution in [0.5, 0.6) is 0 Å². The van der Waals surface area contributed by atoms with Gasteiger partial charge in [0.25, 0.3) is 0 Å². The third kappa shape index (κ3) is 12.7. The van der Waals surface area contributed by atoms with Crippen molar-refractivity contribution in [2.45, 2.75) is 44.8 Å². The van der Waals surface area contributed by atoms with E-state index in [2.05, 4.69) is 0 Å². The fourth-order valence-corrected chi connectivity index (χ4v) is 1.29. The van der Waals surface area contributed by atoms with Crippen LogP contribution in [0.15, 0.2) is 36.5 Å². The molecule has 0 amide bonds. The Morgan fingerprint density at radius 3 is 2.56 bits per heavy atom. The Balaban J connectivity index is 3.66. The molecule has 0 spiro atoms. The van der Waals surface area contributed by atoms with E-state index in [9.17, 15) is 9.90 Å². The number of rotatable bonds is 9. The minimum atomic E-state index is -1.01. The van der Waals surface area contributed by atoms with E-state index in [1.807, 2.05) is 12.2 Å². The maximum absolute atomic E-state index is 10.2. The van der Waals surface area contributed by atoms with Gasteiger partial charge in [-0.1, -0.05) is 30.4 Å². The first-order valence-electron chi connectivity index (χ1n) is 6.11. The Hall–Kier alpha value is -1.39. The molecule has 0 fully saturated rings. The average molecular weight is 254 g/mol. The van der Waals surface area contributed by atoms with Gasteiger partial charge in [0.1, 0.15) is 0 Å². The number of carboxylic acids is 1. The van der Waals surface area contributed by atoms with E-state index in [1.54, 1.807) is 13.0 Å². The van der Waals surface area contributed by atoms with Gasteiger partial charge in [-0.2, -0.15) is 0 Å². The first-order chi connectivity index (χ1) is 8.52. The molecule has 0 saturated heterocycles. The fraction of sp³-hybridized carbons (Fsp3) is 0.500. The van der Waals surface area contributed by atoms with E-state index in [-0.39, 0.29) is 6.10 Å². The Labute approximate surface area is 108 Å². The summed E-state index contributed by atoms with van der Waals surface area (Å²) in [5.41, 5.74) is 0. The van der Waals surface area contributed by atoms with Gasteiger partial charge in [0.15, 0.2) is 0 Å². The number of aliphatic hydroxyl groups is 2. The number of allylic oxidation sites excluding steroid dienone is 3. The van der Waals surface area contributed by atoms with Crippen LogP contribution in [0.1, 0.15) is 32.6 Å². The van der Waals surface area contributed by atoms with Crippen LogP contribution in [0.4, 0.5) is 0 Å². The lowest BCUT2D eigenvalue weighted by Gasteiger charge is -2.01. The van der Waals surface area contributed by atoms with Gasteiger partial charge in [0.2, 0.25) is 0 Å². The summed E-state index contributed by atoms with van der Waals surface area (Å²) in [6.07, 6.45) is 11.6. The molecular weight excluding hydrogens is 232 g/mol. The molecule has 0 saturated carbocycles. The smallest absolute Gasteiger partial charge is 0.328 e. The van der Waals surface area contributed by atoms with Crippen LogP contribution in [0.2, 0.25) is 0 Å². The average Bonchev–Trinajstić information content (AvgIpc) is 2.28. The molecule has 0 aromatic heterocycles. The van der Waals surface area contributed by atoms with E-state index in [0.29, 0.717) is 6.42 Å². The second-order valence-electron chi connectivity index (χ2n) is 4.14. The summed E-state index contributed by atoms with van der Waals surface area (Å²) < 4.78 is 0. The fourth-order valence-electron chi connectivity index (χ4n) is 1.29. The molecule has 3 N–H and O–H groups in total. The molecule has 0 bridgehead atoms. The standard InChI is InChI=1S/C14H22O4/c1-12(15)8-4-2-3-5-9-13(16)10-6-7-11-14(17)18/h3,5-7,10-13,15-16H,2,4,8-9H2,1H3,(H,17,18)/b5-3+,10-6+,11-7+/t12-,13+/m1/s1. The van der Waals surface area contributed by atoms with E-state index in [1.165, 1.54) is 12.2 Å². The van der Waals surface area contributed by atoms with Crippen molar-refractivity contribution >= 4 is 5.97 Å². The largest absolute Gasteiger partial charge is 0.478 e. The number of hydrogen-bond donors (Lipinski definition) is 3. The summed E-state index contributed by atoms with van der Waals surface area (Å²) in [4.78, 5) is 10.2. The molecule has 18 heavy (non-hydrogen) atoms. The highest BCUT2D eigenvalue weighted by Gasteiger charge is 1.95. The van der Waals surface area contributed by atoms with Gasteiger partial charge >= 0.3 is 5.97 Å². The molecule has 102 valence electrons. The molecule has 4 heteroatoms. The lowest BCUT2D eigenvalue weighted by atomic mass is 10.1. The molecule has 0 heterocycles. The summed E-state index contributed by atoms with van der Waals surface area (Å²) in [5, 5.41) is 26.9. The van der Waals surface area contributed by atoms with Crippen LogP contribution in [-0.4, -0.2) is 33.5 Å². The van der Waals surface area contributed by atoms with E-state index < -0.39 is 12.1 Å². The summed E-state index contributed by atoms with van der Waals surface area (Å²) in [6.45, 7) is 1.77. The minimum absolute atomic E-state index is 0.257. The van der Waals surface area contributed by atoms with Crippen molar-refractivity contribution in [2.24, 2.45) is 0 Å². The molecule has 0 unspecified atom stereocenters. The molecule has 0 aromatic carbocycles. The molecular formula is C14H22O4. The van der Waals surface area contributed by atoms with Crippen molar-refractivity contribution < 1.29 is 20.1 Å².